The van der Waals surface area contributed by atoms with E-state index in [0.29, 0.717) is 0 Å². The summed E-state index contributed by atoms with van der Waals surface area (Å²) in [6.45, 7) is 11.0. The van der Waals surface area contributed by atoms with Crippen molar-refractivity contribution in [2.24, 2.45) is 0 Å². The largest absolute Gasteiger partial charge is 0.103 e. The topological polar surface area (TPSA) is 0 Å². The lowest BCUT2D eigenvalue weighted by atomic mass is 9.91. The van der Waals surface area contributed by atoms with Gasteiger partial charge in [-0.2, -0.15) is 0 Å². The second kappa shape index (κ2) is 6.50. The number of unbranched alkanes of at least 4 members (excludes halogenated alkanes) is 1. The first-order valence-corrected chi connectivity index (χ1v) is 6.60. The van der Waals surface area contributed by atoms with E-state index in [1.807, 2.05) is 0 Å². The van der Waals surface area contributed by atoms with Crippen molar-refractivity contribution in [2.75, 3.05) is 0 Å². The molecule has 92 valence electrons. The summed E-state index contributed by atoms with van der Waals surface area (Å²) in [5.41, 5.74) is 7.22. The summed E-state index contributed by atoms with van der Waals surface area (Å²) in [6.07, 6.45) is 4.28. The molecule has 0 heterocycles. The lowest BCUT2D eigenvalue weighted by molar-refractivity contribution is 0.961. The van der Waals surface area contributed by atoms with Gasteiger partial charge in [0.15, 0.2) is 0 Å². The fraction of sp³-hybridized carbons (Fsp3) is 0.529. The van der Waals surface area contributed by atoms with Crippen LogP contribution in [0.5, 0.6) is 0 Å². The average molecular weight is 228 g/mol. The van der Waals surface area contributed by atoms with Crippen LogP contribution < -0.4 is 0 Å². The van der Waals surface area contributed by atoms with Gasteiger partial charge in [-0.15, -0.1) is 11.8 Å². The van der Waals surface area contributed by atoms with Crippen molar-refractivity contribution in [1.29, 1.82) is 0 Å². The first kappa shape index (κ1) is 13.8. The van der Waals surface area contributed by atoms with Crippen molar-refractivity contribution < 1.29 is 0 Å². The summed E-state index contributed by atoms with van der Waals surface area (Å²) >= 11 is 0. The fourth-order valence-corrected chi connectivity index (χ4v) is 2.16. The Balaban J connectivity index is 2.81. The predicted molar refractivity (Wildman–Crippen MR) is 76.4 cm³/mol. The van der Waals surface area contributed by atoms with E-state index in [0.717, 1.165) is 25.7 Å². The Morgan fingerprint density at radius 3 is 1.94 bits per heavy atom. The van der Waals surface area contributed by atoms with E-state index in [4.69, 9.17) is 0 Å². The average Bonchev–Trinajstić information content (AvgIpc) is 2.30. The number of hydrogen-bond donors (Lipinski definition) is 0. The van der Waals surface area contributed by atoms with Gasteiger partial charge in [0.05, 0.1) is 0 Å². The minimum absolute atomic E-state index is 0.991. The van der Waals surface area contributed by atoms with Gasteiger partial charge in [0, 0.05) is 12.8 Å². The Morgan fingerprint density at radius 1 is 0.882 bits per heavy atom. The number of hydrogen-bond acceptors (Lipinski definition) is 0. The monoisotopic (exact) mass is 228 g/mol. The van der Waals surface area contributed by atoms with Crippen molar-refractivity contribution in [2.45, 2.75) is 60.3 Å². The molecule has 1 aromatic rings. The van der Waals surface area contributed by atoms with Gasteiger partial charge in [0.1, 0.15) is 0 Å². The molecule has 0 bridgehead atoms. The van der Waals surface area contributed by atoms with Crippen LogP contribution in [0.2, 0.25) is 0 Å². The molecule has 0 nitrogen and oxygen atoms in total. The molecule has 0 aliphatic rings. The lowest BCUT2D eigenvalue weighted by Gasteiger charge is -2.14. The summed E-state index contributed by atoms with van der Waals surface area (Å²) < 4.78 is 0. The molecule has 0 aliphatic carbocycles. The molecular weight excluding hydrogens is 204 g/mol. The first-order chi connectivity index (χ1) is 8.07. The third-order valence-corrected chi connectivity index (χ3v) is 3.52. The molecule has 0 spiro atoms. The van der Waals surface area contributed by atoms with Crippen LogP contribution in [0.3, 0.4) is 0 Å². The molecule has 0 radical (unpaired) electrons. The number of rotatable bonds is 3. The van der Waals surface area contributed by atoms with Crippen molar-refractivity contribution in [3.63, 3.8) is 0 Å². The quantitative estimate of drug-likeness (QED) is 0.660. The van der Waals surface area contributed by atoms with Crippen molar-refractivity contribution >= 4 is 0 Å². The summed E-state index contributed by atoms with van der Waals surface area (Å²) in [5, 5.41) is 0. The zero-order chi connectivity index (χ0) is 12.8. The Labute approximate surface area is 106 Å². The third-order valence-electron chi connectivity index (χ3n) is 3.52. The molecular formula is C17H24. The zero-order valence-corrected chi connectivity index (χ0v) is 11.9. The molecule has 0 heteroatoms. The maximum Gasteiger partial charge on any atom is 0.0129 e. The van der Waals surface area contributed by atoms with Gasteiger partial charge in [-0.05, 0) is 68.4 Å². The second-order valence-electron chi connectivity index (χ2n) is 4.84. The van der Waals surface area contributed by atoms with E-state index < -0.39 is 0 Å². The van der Waals surface area contributed by atoms with Crippen molar-refractivity contribution in [3.05, 3.63) is 33.9 Å². The van der Waals surface area contributed by atoms with Gasteiger partial charge < -0.3 is 0 Å². The molecule has 0 aromatic heterocycles. The highest BCUT2D eigenvalue weighted by molar-refractivity contribution is 5.44. The Morgan fingerprint density at radius 2 is 1.41 bits per heavy atom. The van der Waals surface area contributed by atoms with Gasteiger partial charge in [-0.25, -0.2) is 0 Å². The highest BCUT2D eigenvalue weighted by Gasteiger charge is 2.07. The van der Waals surface area contributed by atoms with Gasteiger partial charge in [-0.1, -0.05) is 13.0 Å². The molecule has 0 N–H and O–H groups in total. The number of aryl methyl sites for hydroxylation is 2. The Hall–Kier alpha value is -1.22. The van der Waals surface area contributed by atoms with Gasteiger partial charge in [0.2, 0.25) is 0 Å². The summed E-state index contributed by atoms with van der Waals surface area (Å²) in [4.78, 5) is 0. The number of benzene rings is 1. The van der Waals surface area contributed by atoms with E-state index in [2.05, 4.69) is 52.5 Å². The highest BCUT2D eigenvalue weighted by Crippen LogP contribution is 2.22. The van der Waals surface area contributed by atoms with E-state index in [-0.39, 0.29) is 0 Å². The smallest absolute Gasteiger partial charge is 0.0129 e. The molecule has 1 aromatic carbocycles. The van der Waals surface area contributed by atoms with Crippen LogP contribution in [-0.4, -0.2) is 0 Å². The summed E-state index contributed by atoms with van der Waals surface area (Å²) in [6, 6.07) is 2.29. The van der Waals surface area contributed by atoms with Crippen LogP contribution in [0.4, 0.5) is 0 Å². The van der Waals surface area contributed by atoms with Crippen molar-refractivity contribution in [1.82, 2.24) is 0 Å². The molecule has 17 heavy (non-hydrogen) atoms. The fourth-order valence-electron chi connectivity index (χ4n) is 2.16. The molecule has 0 amide bonds. The minimum atomic E-state index is 0.991. The molecule has 0 saturated carbocycles. The van der Waals surface area contributed by atoms with Gasteiger partial charge >= 0.3 is 0 Å². The predicted octanol–water partition coefficient (Wildman–Crippen LogP) is 4.66. The van der Waals surface area contributed by atoms with Crippen LogP contribution >= 0.6 is 0 Å². The second-order valence-corrected chi connectivity index (χ2v) is 4.84. The molecule has 0 aliphatic heterocycles. The summed E-state index contributed by atoms with van der Waals surface area (Å²) in [5.74, 6) is 6.50. The lowest BCUT2D eigenvalue weighted by Crippen LogP contribution is -1.99. The molecule has 0 fully saturated rings. The van der Waals surface area contributed by atoms with Crippen LogP contribution in [0, 0.1) is 39.5 Å². The normalized spacial score (nSPS) is 9.94. The molecule has 0 saturated heterocycles. The van der Waals surface area contributed by atoms with Gasteiger partial charge in [0.25, 0.3) is 0 Å². The van der Waals surface area contributed by atoms with E-state index in [1.165, 1.54) is 27.8 Å². The molecule has 0 unspecified atom stereocenters. The Bertz CT molecular complexity index is 415. The minimum Gasteiger partial charge on any atom is -0.103 e. The molecule has 0 atom stereocenters. The first-order valence-electron chi connectivity index (χ1n) is 6.60. The van der Waals surface area contributed by atoms with Gasteiger partial charge in [-0.3, -0.25) is 0 Å². The van der Waals surface area contributed by atoms with Crippen LogP contribution in [0.25, 0.3) is 0 Å². The van der Waals surface area contributed by atoms with Crippen LogP contribution in [0.1, 0.15) is 54.0 Å². The maximum atomic E-state index is 3.28. The Kier molecular flexibility index (Phi) is 5.29. The maximum absolute atomic E-state index is 3.28. The van der Waals surface area contributed by atoms with Crippen molar-refractivity contribution in [3.8, 4) is 11.8 Å². The van der Waals surface area contributed by atoms with E-state index >= 15 is 0 Å². The summed E-state index contributed by atoms with van der Waals surface area (Å²) in [7, 11) is 0. The van der Waals surface area contributed by atoms with Crippen LogP contribution in [-0.2, 0) is 6.42 Å². The standard InChI is InChI=1S/C17H24/c1-6-7-8-9-10-11-17-15(4)13(2)12-14(3)16(17)5/h12H,6-7,10-11H2,1-5H3. The SMILES string of the molecule is CCCC#CCCc1c(C)c(C)cc(C)c1C. The zero-order valence-electron chi connectivity index (χ0n) is 11.9. The third kappa shape index (κ3) is 3.63. The van der Waals surface area contributed by atoms with Crippen LogP contribution in [0.15, 0.2) is 6.07 Å². The molecule has 1 rings (SSSR count). The van der Waals surface area contributed by atoms with E-state index in [1.54, 1.807) is 0 Å². The van der Waals surface area contributed by atoms with E-state index in [9.17, 15) is 0 Å². The highest BCUT2D eigenvalue weighted by atomic mass is 14.1.